The molecular formula is C12H18N2O3S. The Morgan fingerprint density at radius 3 is 2.78 bits per heavy atom. The maximum atomic E-state index is 10.9. The summed E-state index contributed by atoms with van der Waals surface area (Å²) in [4.78, 5) is 15.5. The van der Waals surface area contributed by atoms with E-state index in [1.54, 1.807) is 6.92 Å². The molecule has 0 aromatic carbocycles. The van der Waals surface area contributed by atoms with Gasteiger partial charge in [-0.2, -0.15) is 0 Å². The zero-order chi connectivity index (χ0) is 13.1. The first-order valence-corrected chi connectivity index (χ1v) is 6.94. The van der Waals surface area contributed by atoms with Crippen molar-refractivity contribution in [3.8, 4) is 0 Å². The number of hydrogen-bond acceptors (Lipinski definition) is 5. The van der Waals surface area contributed by atoms with E-state index >= 15 is 0 Å². The van der Waals surface area contributed by atoms with Crippen LogP contribution >= 0.6 is 11.3 Å². The maximum Gasteiger partial charge on any atom is 0.347 e. The fourth-order valence-corrected chi connectivity index (χ4v) is 3.09. The number of carboxylic acids is 1. The molecule has 0 amide bonds. The Hall–Kier alpha value is -1.14. The number of aromatic nitrogens is 1. The van der Waals surface area contributed by atoms with Gasteiger partial charge in [-0.3, -0.25) is 0 Å². The minimum absolute atomic E-state index is 0.293. The van der Waals surface area contributed by atoms with Crippen molar-refractivity contribution < 1.29 is 14.6 Å². The van der Waals surface area contributed by atoms with Crippen LogP contribution in [0.25, 0.3) is 0 Å². The van der Waals surface area contributed by atoms with Crippen LogP contribution in [0.2, 0.25) is 0 Å². The standard InChI is InChI=1S/C12H18N2O3S/c1-7(9-3-5-17-6-4-9)13-12-14-8(2)10(18-12)11(15)16/h7,9H,3-6H2,1-2H3,(H,13,14)(H,15,16). The Labute approximate surface area is 110 Å². The Morgan fingerprint density at radius 2 is 2.22 bits per heavy atom. The average Bonchev–Trinajstić information content (AvgIpc) is 2.71. The average molecular weight is 270 g/mol. The fourth-order valence-electron chi connectivity index (χ4n) is 2.19. The lowest BCUT2D eigenvalue weighted by Gasteiger charge is -2.28. The second-order valence-electron chi connectivity index (χ2n) is 4.62. The van der Waals surface area contributed by atoms with Crippen LogP contribution in [0, 0.1) is 12.8 Å². The lowest BCUT2D eigenvalue weighted by atomic mass is 9.93. The Kier molecular flexibility index (Phi) is 4.19. The number of carbonyl (C=O) groups is 1. The Bertz CT molecular complexity index is 427. The summed E-state index contributed by atoms with van der Waals surface area (Å²) in [6, 6.07) is 0.293. The number of rotatable bonds is 4. The predicted octanol–water partition coefficient (Wildman–Crippen LogP) is 2.38. The second-order valence-corrected chi connectivity index (χ2v) is 5.62. The summed E-state index contributed by atoms with van der Waals surface area (Å²) in [5, 5.41) is 13.0. The molecule has 0 spiro atoms. The van der Waals surface area contributed by atoms with E-state index in [0.717, 1.165) is 26.1 Å². The van der Waals surface area contributed by atoms with E-state index in [4.69, 9.17) is 9.84 Å². The summed E-state index contributed by atoms with van der Waals surface area (Å²) in [7, 11) is 0. The van der Waals surface area contributed by atoms with E-state index in [9.17, 15) is 4.79 Å². The minimum atomic E-state index is -0.906. The number of nitrogens with one attached hydrogen (secondary N) is 1. The highest BCUT2D eigenvalue weighted by atomic mass is 32.1. The molecule has 2 rings (SSSR count). The zero-order valence-electron chi connectivity index (χ0n) is 10.6. The summed E-state index contributed by atoms with van der Waals surface area (Å²) in [6.07, 6.45) is 2.09. The van der Waals surface area contributed by atoms with Gasteiger partial charge in [0.15, 0.2) is 5.13 Å². The van der Waals surface area contributed by atoms with Crippen molar-refractivity contribution in [2.75, 3.05) is 18.5 Å². The van der Waals surface area contributed by atoms with Crippen LogP contribution in [0.1, 0.15) is 35.1 Å². The molecule has 0 radical (unpaired) electrons. The van der Waals surface area contributed by atoms with Gasteiger partial charge in [-0.05, 0) is 32.6 Å². The fraction of sp³-hybridized carbons (Fsp3) is 0.667. The summed E-state index contributed by atoms with van der Waals surface area (Å²) < 4.78 is 5.34. The topological polar surface area (TPSA) is 71.5 Å². The molecule has 1 aliphatic heterocycles. The molecule has 18 heavy (non-hydrogen) atoms. The van der Waals surface area contributed by atoms with Crippen LogP contribution in [-0.2, 0) is 4.74 Å². The van der Waals surface area contributed by atoms with Crippen molar-refractivity contribution in [3.63, 3.8) is 0 Å². The molecule has 6 heteroatoms. The highest BCUT2D eigenvalue weighted by Crippen LogP contribution is 2.26. The van der Waals surface area contributed by atoms with Crippen molar-refractivity contribution in [2.24, 2.45) is 5.92 Å². The Morgan fingerprint density at radius 1 is 1.56 bits per heavy atom. The molecule has 1 saturated heterocycles. The van der Waals surface area contributed by atoms with Gasteiger partial charge in [-0.15, -0.1) is 0 Å². The number of ether oxygens (including phenoxy) is 1. The minimum Gasteiger partial charge on any atom is -0.477 e. The van der Waals surface area contributed by atoms with Crippen molar-refractivity contribution in [2.45, 2.75) is 32.7 Å². The number of carboxylic acid groups (broad SMARTS) is 1. The van der Waals surface area contributed by atoms with Crippen molar-refractivity contribution in [1.29, 1.82) is 0 Å². The van der Waals surface area contributed by atoms with Gasteiger partial charge in [-0.25, -0.2) is 9.78 Å². The van der Waals surface area contributed by atoms with E-state index in [2.05, 4.69) is 17.2 Å². The summed E-state index contributed by atoms with van der Waals surface area (Å²) in [5.74, 6) is -0.340. The first kappa shape index (κ1) is 13.3. The number of thiazole rings is 1. The zero-order valence-corrected chi connectivity index (χ0v) is 11.4. The SMILES string of the molecule is Cc1nc(NC(C)C2CCOCC2)sc1C(=O)O. The highest BCUT2D eigenvalue weighted by Gasteiger charge is 2.22. The summed E-state index contributed by atoms with van der Waals surface area (Å²) >= 11 is 1.21. The molecule has 100 valence electrons. The third kappa shape index (κ3) is 3.00. The maximum absolute atomic E-state index is 10.9. The molecule has 1 aliphatic rings. The van der Waals surface area contributed by atoms with Gasteiger partial charge < -0.3 is 15.2 Å². The number of aryl methyl sites for hydroxylation is 1. The molecule has 5 nitrogen and oxygen atoms in total. The number of aromatic carboxylic acids is 1. The third-order valence-electron chi connectivity index (χ3n) is 3.32. The van der Waals surface area contributed by atoms with E-state index in [0.29, 0.717) is 27.7 Å². The molecule has 1 unspecified atom stereocenters. The van der Waals surface area contributed by atoms with Gasteiger partial charge in [0.05, 0.1) is 5.69 Å². The molecule has 2 heterocycles. The monoisotopic (exact) mass is 270 g/mol. The second kappa shape index (κ2) is 5.67. The lowest BCUT2D eigenvalue weighted by Crippen LogP contribution is -2.30. The van der Waals surface area contributed by atoms with Gasteiger partial charge in [0.1, 0.15) is 4.88 Å². The molecule has 0 bridgehead atoms. The van der Waals surface area contributed by atoms with Crippen LogP contribution in [0.3, 0.4) is 0 Å². The van der Waals surface area contributed by atoms with Crippen LogP contribution < -0.4 is 5.32 Å². The largest absolute Gasteiger partial charge is 0.477 e. The van der Waals surface area contributed by atoms with Crippen molar-refractivity contribution in [1.82, 2.24) is 4.98 Å². The molecule has 1 aromatic heterocycles. The van der Waals surface area contributed by atoms with Gasteiger partial charge in [0.2, 0.25) is 0 Å². The van der Waals surface area contributed by atoms with Gasteiger partial charge in [0.25, 0.3) is 0 Å². The van der Waals surface area contributed by atoms with E-state index in [1.807, 2.05) is 0 Å². The third-order valence-corrected chi connectivity index (χ3v) is 4.39. The number of hydrogen-bond donors (Lipinski definition) is 2. The van der Waals surface area contributed by atoms with Crippen LogP contribution in [-0.4, -0.2) is 35.3 Å². The molecule has 2 N–H and O–H groups in total. The van der Waals surface area contributed by atoms with E-state index in [1.165, 1.54) is 11.3 Å². The molecule has 0 saturated carbocycles. The van der Waals surface area contributed by atoms with Gasteiger partial charge in [-0.1, -0.05) is 11.3 Å². The van der Waals surface area contributed by atoms with Crippen LogP contribution in [0.15, 0.2) is 0 Å². The summed E-state index contributed by atoms with van der Waals surface area (Å²) in [6.45, 7) is 5.47. The Balaban J connectivity index is 2.00. The summed E-state index contributed by atoms with van der Waals surface area (Å²) in [5.41, 5.74) is 0.578. The van der Waals surface area contributed by atoms with Crippen molar-refractivity contribution >= 4 is 22.4 Å². The smallest absolute Gasteiger partial charge is 0.347 e. The van der Waals surface area contributed by atoms with Crippen molar-refractivity contribution in [3.05, 3.63) is 10.6 Å². The molecular weight excluding hydrogens is 252 g/mol. The first-order valence-electron chi connectivity index (χ1n) is 6.13. The lowest BCUT2D eigenvalue weighted by molar-refractivity contribution is 0.0622. The normalized spacial score (nSPS) is 18.6. The number of anilines is 1. The van der Waals surface area contributed by atoms with Gasteiger partial charge in [0, 0.05) is 19.3 Å². The molecule has 1 fully saturated rings. The molecule has 1 aromatic rings. The highest BCUT2D eigenvalue weighted by molar-refractivity contribution is 7.17. The first-order chi connectivity index (χ1) is 8.58. The van der Waals surface area contributed by atoms with Crippen LogP contribution in [0.4, 0.5) is 5.13 Å². The van der Waals surface area contributed by atoms with E-state index < -0.39 is 5.97 Å². The number of nitrogens with zero attached hydrogens (tertiary/aromatic N) is 1. The molecule has 1 atom stereocenters. The molecule has 0 aliphatic carbocycles. The van der Waals surface area contributed by atoms with E-state index in [-0.39, 0.29) is 0 Å². The van der Waals surface area contributed by atoms with Gasteiger partial charge >= 0.3 is 5.97 Å². The van der Waals surface area contributed by atoms with Crippen LogP contribution in [0.5, 0.6) is 0 Å². The predicted molar refractivity (Wildman–Crippen MR) is 70.4 cm³/mol. The quantitative estimate of drug-likeness (QED) is 0.879.